The van der Waals surface area contributed by atoms with E-state index in [1.807, 2.05) is 18.4 Å². The minimum absolute atomic E-state index is 0.0299. The number of hydrogen-bond donors (Lipinski definition) is 0. The van der Waals surface area contributed by atoms with E-state index in [1.54, 1.807) is 29.8 Å². The average Bonchev–Trinajstić information content (AvgIpc) is 2.92. The van der Waals surface area contributed by atoms with E-state index < -0.39 is 0 Å². The van der Waals surface area contributed by atoms with Gasteiger partial charge in [-0.1, -0.05) is 12.1 Å². The highest BCUT2D eigenvalue weighted by Crippen LogP contribution is 2.16. The van der Waals surface area contributed by atoms with Gasteiger partial charge in [-0.2, -0.15) is 0 Å². The van der Waals surface area contributed by atoms with Crippen molar-refractivity contribution in [3.8, 4) is 0 Å². The molecule has 1 aromatic heterocycles. The lowest BCUT2D eigenvalue weighted by molar-refractivity contribution is 0.0784. The maximum absolute atomic E-state index is 12.0. The predicted octanol–water partition coefficient (Wildman–Crippen LogP) is 3.27. The van der Waals surface area contributed by atoms with Crippen molar-refractivity contribution in [3.05, 3.63) is 54.0 Å². The van der Waals surface area contributed by atoms with E-state index in [0.29, 0.717) is 12.1 Å². The Morgan fingerprint density at radius 2 is 2.00 bits per heavy atom. The van der Waals surface area contributed by atoms with Crippen molar-refractivity contribution in [1.82, 2.24) is 4.90 Å². The van der Waals surface area contributed by atoms with Crippen molar-refractivity contribution >= 4 is 17.7 Å². The summed E-state index contributed by atoms with van der Waals surface area (Å²) in [5.41, 5.74) is 1.70. The fourth-order valence-corrected chi connectivity index (χ4v) is 2.09. The highest BCUT2D eigenvalue weighted by Gasteiger charge is 2.12. The lowest BCUT2D eigenvalue weighted by atomic mass is 10.2. The highest BCUT2D eigenvalue weighted by atomic mass is 32.2. The van der Waals surface area contributed by atoms with Gasteiger partial charge in [0.1, 0.15) is 6.26 Å². The topological polar surface area (TPSA) is 33.5 Å². The van der Waals surface area contributed by atoms with E-state index in [2.05, 4.69) is 12.1 Å². The lowest BCUT2D eigenvalue weighted by Crippen LogP contribution is -2.25. The standard InChI is InChI=1S/C14H15NO2S/c1-15(14(16)12-7-8-17-10-12)9-11-3-5-13(18-2)6-4-11/h3-8,10H,9H2,1-2H3. The Kier molecular flexibility index (Phi) is 4.10. The van der Waals surface area contributed by atoms with Crippen LogP contribution >= 0.6 is 11.8 Å². The van der Waals surface area contributed by atoms with E-state index in [4.69, 9.17) is 4.42 Å². The molecular weight excluding hydrogens is 246 g/mol. The summed E-state index contributed by atoms with van der Waals surface area (Å²) in [7, 11) is 1.79. The maximum Gasteiger partial charge on any atom is 0.257 e. The lowest BCUT2D eigenvalue weighted by Gasteiger charge is -2.16. The van der Waals surface area contributed by atoms with Gasteiger partial charge in [-0.3, -0.25) is 4.79 Å². The molecule has 2 rings (SSSR count). The third-order valence-electron chi connectivity index (χ3n) is 2.69. The minimum Gasteiger partial charge on any atom is -0.472 e. The minimum atomic E-state index is -0.0299. The highest BCUT2D eigenvalue weighted by molar-refractivity contribution is 7.98. The number of hydrogen-bond acceptors (Lipinski definition) is 3. The molecule has 0 atom stereocenters. The zero-order valence-corrected chi connectivity index (χ0v) is 11.2. The Bertz CT molecular complexity index is 505. The molecule has 0 unspecified atom stereocenters. The predicted molar refractivity (Wildman–Crippen MR) is 72.7 cm³/mol. The Balaban J connectivity index is 2.02. The van der Waals surface area contributed by atoms with Crippen LogP contribution in [-0.4, -0.2) is 24.1 Å². The van der Waals surface area contributed by atoms with Gasteiger partial charge in [0.2, 0.25) is 0 Å². The Morgan fingerprint density at radius 1 is 1.28 bits per heavy atom. The molecule has 0 saturated heterocycles. The molecule has 0 aliphatic rings. The van der Waals surface area contributed by atoms with E-state index in [9.17, 15) is 4.79 Å². The molecule has 0 saturated carbocycles. The number of furan rings is 1. The van der Waals surface area contributed by atoms with Crippen molar-refractivity contribution in [2.24, 2.45) is 0 Å². The van der Waals surface area contributed by atoms with Crippen LogP contribution in [0, 0.1) is 0 Å². The molecule has 1 heterocycles. The summed E-state index contributed by atoms with van der Waals surface area (Å²) in [6.45, 7) is 0.596. The Labute approximate surface area is 111 Å². The second kappa shape index (κ2) is 5.78. The van der Waals surface area contributed by atoms with Gasteiger partial charge >= 0.3 is 0 Å². The van der Waals surface area contributed by atoms with Gasteiger partial charge in [0.05, 0.1) is 11.8 Å². The van der Waals surface area contributed by atoms with E-state index in [0.717, 1.165) is 5.56 Å². The monoisotopic (exact) mass is 261 g/mol. The van der Waals surface area contributed by atoms with Crippen LogP contribution in [0.3, 0.4) is 0 Å². The van der Waals surface area contributed by atoms with Crippen LogP contribution < -0.4 is 0 Å². The second-order valence-corrected chi connectivity index (χ2v) is 4.90. The van der Waals surface area contributed by atoms with Crippen LogP contribution in [0.5, 0.6) is 0 Å². The third kappa shape index (κ3) is 2.96. The van der Waals surface area contributed by atoms with Crippen LogP contribution in [0.25, 0.3) is 0 Å². The summed E-state index contributed by atoms with van der Waals surface area (Å²) in [5, 5.41) is 0. The first-order valence-electron chi connectivity index (χ1n) is 5.61. The fourth-order valence-electron chi connectivity index (χ4n) is 1.68. The van der Waals surface area contributed by atoms with Gasteiger partial charge in [-0.05, 0) is 30.0 Å². The van der Waals surface area contributed by atoms with Crippen molar-refractivity contribution < 1.29 is 9.21 Å². The largest absolute Gasteiger partial charge is 0.472 e. The quantitative estimate of drug-likeness (QED) is 0.792. The number of amides is 1. The van der Waals surface area contributed by atoms with E-state index >= 15 is 0 Å². The summed E-state index contributed by atoms with van der Waals surface area (Å²) in [5.74, 6) is -0.0299. The van der Waals surface area contributed by atoms with Crippen molar-refractivity contribution in [2.45, 2.75) is 11.4 Å². The maximum atomic E-state index is 12.0. The molecule has 18 heavy (non-hydrogen) atoms. The summed E-state index contributed by atoms with van der Waals surface area (Å²) in [6, 6.07) is 9.90. The van der Waals surface area contributed by atoms with E-state index in [1.165, 1.54) is 17.4 Å². The fraction of sp³-hybridized carbons (Fsp3) is 0.214. The number of carbonyl (C=O) groups excluding carboxylic acids is 1. The number of carbonyl (C=O) groups is 1. The molecule has 0 N–H and O–H groups in total. The zero-order chi connectivity index (χ0) is 13.0. The van der Waals surface area contributed by atoms with Gasteiger partial charge in [-0.25, -0.2) is 0 Å². The van der Waals surface area contributed by atoms with Crippen molar-refractivity contribution in [2.75, 3.05) is 13.3 Å². The molecule has 2 aromatic rings. The molecule has 3 nitrogen and oxygen atoms in total. The number of nitrogens with zero attached hydrogens (tertiary/aromatic N) is 1. The van der Waals surface area contributed by atoms with Crippen molar-refractivity contribution in [3.63, 3.8) is 0 Å². The SMILES string of the molecule is CSc1ccc(CN(C)C(=O)c2ccoc2)cc1. The van der Waals surface area contributed by atoms with Crippen LogP contribution in [-0.2, 0) is 6.54 Å². The molecule has 0 spiro atoms. The van der Waals surface area contributed by atoms with Crippen LogP contribution in [0.2, 0.25) is 0 Å². The molecule has 4 heteroatoms. The first-order chi connectivity index (χ1) is 8.70. The first-order valence-corrected chi connectivity index (χ1v) is 6.84. The molecule has 0 aliphatic carbocycles. The smallest absolute Gasteiger partial charge is 0.257 e. The Morgan fingerprint density at radius 3 is 2.56 bits per heavy atom. The van der Waals surface area contributed by atoms with Crippen molar-refractivity contribution in [1.29, 1.82) is 0 Å². The number of benzene rings is 1. The van der Waals surface area contributed by atoms with Crippen LogP contribution in [0.1, 0.15) is 15.9 Å². The number of rotatable bonds is 4. The molecule has 0 bridgehead atoms. The van der Waals surface area contributed by atoms with Crippen LogP contribution in [0.15, 0.2) is 52.2 Å². The number of thioether (sulfide) groups is 1. The average molecular weight is 261 g/mol. The second-order valence-electron chi connectivity index (χ2n) is 4.02. The van der Waals surface area contributed by atoms with Gasteiger partial charge in [0.15, 0.2) is 0 Å². The van der Waals surface area contributed by atoms with E-state index in [-0.39, 0.29) is 5.91 Å². The molecule has 1 aromatic carbocycles. The zero-order valence-electron chi connectivity index (χ0n) is 10.4. The summed E-state index contributed by atoms with van der Waals surface area (Å²) >= 11 is 1.71. The summed E-state index contributed by atoms with van der Waals surface area (Å²) in [6.07, 6.45) is 5.02. The molecule has 94 valence electrons. The third-order valence-corrected chi connectivity index (χ3v) is 3.44. The van der Waals surface area contributed by atoms with Gasteiger partial charge in [0, 0.05) is 18.5 Å². The molecule has 0 fully saturated rings. The Hall–Kier alpha value is -1.68. The van der Waals surface area contributed by atoms with Gasteiger partial charge in [-0.15, -0.1) is 11.8 Å². The molecule has 0 aliphatic heterocycles. The summed E-state index contributed by atoms with van der Waals surface area (Å²) < 4.78 is 4.92. The summed E-state index contributed by atoms with van der Waals surface area (Å²) in [4.78, 5) is 14.9. The molecule has 0 radical (unpaired) electrons. The molecule has 1 amide bonds. The van der Waals surface area contributed by atoms with Gasteiger partial charge in [0.25, 0.3) is 5.91 Å². The van der Waals surface area contributed by atoms with Crippen LogP contribution in [0.4, 0.5) is 0 Å². The first kappa shape index (κ1) is 12.8. The van der Waals surface area contributed by atoms with Gasteiger partial charge < -0.3 is 9.32 Å². The molecular formula is C14H15NO2S. The normalized spacial score (nSPS) is 10.3.